The highest BCUT2D eigenvalue weighted by Crippen LogP contribution is 2.54. The lowest BCUT2D eigenvalue weighted by molar-refractivity contribution is 0.101. The van der Waals surface area contributed by atoms with Crippen molar-refractivity contribution >= 4 is 45.5 Å². The number of hydrogen-bond donors (Lipinski definition) is 1. The van der Waals surface area contributed by atoms with Crippen molar-refractivity contribution in [1.29, 1.82) is 0 Å². The van der Waals surface area contributed by atoms with Crippen molar-refractivity contribution in [3.63, 3.8) is 0 Å². The number of Topliss-reactive ketones (excluding diaryl/α,β-unsaturated/α-hetero) is 1. The second-order valence-electron chi connectivity index (χ2n) is 7.90. The molecule has 0 unspecified atom stereocenters. The van der Waals surface area contributed by atoms with E-state index in [0.29, 0.717) is 0 Å². The second-order valence-corrected chi connectivity index (χ2v) is 8.99. The number of nitrogens with one attached hydrogen (secondary N) is 1. The molecule has 154 valence electrons. The molecule has 4 aromatic carbocycles. The van der Waals surface area contributed by atoms with E-state index in [1.54, 1.807) is 18.7 Å². The highest BCUT2D eigenvalue weighted by molar-refractivity contribution is 7.99. The summed E-state index contributed by atoms with van der Waals surface area (Å²) in [6, 6.07) is 33.3. The van der Waals surface area contributed by atoms with Crippen molar-refractivity contribution in [2.24, 2.45) is 0 Å². The Morgan fingerprint density at radius 3 is 2.34 bits per heavy atom. The minimum Gasteiger partial charge on any atom is -0.353 e. The minimum atomic E-state index is 0.0684. The number of fused-ring (bicyclic) bond motifs is 3. The number of anilines is 3. The Kier molecular flexibility index (Phi) is 4.40. The Labute approximate surface area is 190 Å². The molecule has 0 bridgehead atoms. The molecule has 0 saturated carbocycles. The summed E-state index contributed by atoms with van der Waals surface area (Å²) in [6.07, 6.45) is 0. The van der Waals surface area contributed by atoms with Gasteiger partial charge in [0.1, 0.15) is 0 Å². The van der Waals surface area contributed by atoms with Crippen molar-refractivity contribution < 1.29 is 4.79 Å². The van der Waals surface area contributed by atoms with Gasteiger partial charge in [0, 0.05) is 31.8 Å². The molecule has 2 heterocycles. The molecular formula is C28H20N2OS. The van der Waals surface area contributed by atoms with Crippen molar-refractivity contribution in [3.05, 3.63) is 103 Å². The van der Waals surface area contributed by atoms with Crippen LogP contribution in [0.25, 0.3) is 22.2 Å². The van der Waals surface area contributed by atoms with Gasteiger partial charge in [0.2, 0.25) is 0 Å². The van der Waals surface area contributed by atoms with Crippen LogP contribution in [-0.2, 0) is 0 Å². The number of rotatable bonds is 3. The number of ketones is 1. The Balaban J connectivity index is 1.71. The molecule has 1 aliphatic rings. The summed E-state index contributed by atoms with van der Waals surface area (Å²) in [5.41, 5.74) is 7.24. The first-order valence-corrected chi connectivity index (χ1v) is 11.4. The Morgan fingerprint density at radius 1 is 0.781 bits per heavy atom. The van der Waals surface area contributed by atoms with E-state index in [0.717, 1.165) is 49.7 Å². The maximum absolute atomic E-state index is 12.2. The zero-order valence-electron chi connectivity index (χ0n) is 17.5. The van der Waals surface area contributed by atoms with Crippen LogP contribution in [0.3, 0.4) is 0 Å². The van der Waals surface area contributed by atoms with Gasteiger partial charge in [0.15, 0.2) is 5.78 Å². The number of hydrogen-bond acceptors (Lipinski definition) is 3. The van der Waals surface area contributed by atoms with Gasteiger partial charge in [-0.2, -0.15) is 0 Å². The van der Waals surface area contributed by atoms with Crippen LogP contribution in [0, 0.1) is 0 Å². The van der Waals surface area contributed by atoms with Gasteiger partial charge >= 0.3 is 0 Å². The molecule has 5 aromatic rings. The largest absolute Gasteiger partial charge is 0.353 e. The van der Waals surface area contributed by atoms with Crippen LogP contribution in [0.1, 0.15) is 17.3 Å². The Bertz CT molecular complexity index is 1490. The van der Waals surface area contributed by atoms with E-state index in [4.69, 9.17) is 0 Å². The fourth-order valence-electron chi connectivity index (χ4n) is 4.39. The first-order chi connectivity index (χ1) is 15.7. The van der Waals surface area contributed by atoms with E-state index in [1.165, 1.54) is 4.90 Å². The predicted octanol–water partition coefficient (Wildman–Crippen LogP) is 7.97. The standard InChI is InChI=1S/C28H20N2OS/c1-18(31)20-15-16-26-24(17-20)30(23-13-7-8-14-25(23)32-26)28-21-11-5-6-12-22(21)29-27(28)19-9-3-2-4-10-19/h2-17,29H,1H3. The number of aromatic nitrogens is 1. The van der Waals surface area contributed by atoms with Gasteiger partial charge in [0.05, 0.1) is 22.8 Å². The molecule has 3 nitrogen and oxygen atoms in total. The Hall–Kier alpha value is -3.76. The van der Waals surface area contributed by atoms with Gasteiger partial charge in [-0.1, -0.05) is 78.5 Å². The van der Waals surface area contributed by atoms with Gasteiger partial charge in [-0.3, -0.25) is 4.79 Å². The SMILES string of the molecule is CC(=O)c1ccc2c(c1)N(c1c(-c3ccccc3)[nH]c3ccccc13)c1ccccc1S2. The molecule has 0 radical (unpaired) electrons. The molecule has 0 amide bonds. The van der Waals surface area contributed by atoms with Crippen LogP contribution in [0.15, 0.2) is 107 Å². The highest BCUT2D eigenvalue weighted by Gasteiger charge is 2.29. The van der Waals surface area contributed by atoms with Gasteiger partial charge in [-0.15, -0.1) is 0 Å². The van der Waals surface area contributed by atoms with Gasteiger partial charge in [-0.05, 0) is 37.3 Å². The maximum Gasteiger partial charge on any atom is 0.159 e. The van der Waals surface area contributed by atoms with E-state index in [1.807, 2.05) is 18.2 Å². The third-order valence-corrected chi connectivity index (χ3v) is 7.03. The molecule has 0 fully saturated rings. The molecule has 0 aliphatic carbocycles. The summed E-state index contributed by atoms with van der Waals surface area (Å²) in [5, 5.41) is 1.15. The zero-order valence-corrected chi connectivity index (χ0v) is 18.3. The predicted molar refractivity (Wildman–Crippen MR) is 133 cm³/mol. The fraction of sp³-hybridized carbons (Fsp3) is 0.0357. The first kappa shape index (κ1) is 19.0. The quantitative estimate of drug-likeness (QED) is 0.288. The summed E-state index contributed by atoms with van der Waals surface area (Å²) in [4.78, 5) is 20.5. The number of aromatic amines is 1. The van der Waals surface area contributed by atoms with Crippen LogP contribution < -0.4 is 4.90 Å². The van der Waals surface area contributed by atoms with Gasteiger partial charge < -0.3 is 9.88 Å². The number of para-hydroxylation sites is 2. The molecule has 1 aromatic heterocycles. The summed E-state index contributed by atoms with van der Waals surface area (Å²) < 4.78 is 0. The molecule has 1 N–H and O–H groups in total. The van der Waals surface area contributed by atoms with E-state index in [2.05, 4.69) is 88.7 Å². The monoisotopic (exact) mass is 432 g/mol. The van der Waals surface area contributed by atoms with Crippen LogP contribution in [0.2, 0.25) is 0 Å². The number of carbonyl (C=O) groups excluding carboxylic acids is 1. The highest BCUT2D eigenvalue weighted by atomic mass is 32.2. The normalized spacial score (nSPS) is 12.5. The zero-order chi connectivity index (χ0) is 21.7. The first-order valence-electron chi connectivity index (χ1n) is 10.6. The van der Waals surface area contributed by atoms with Crippen molar-refractivity contribution in [2.45, 2.75) is 16.7 Å². The van der Waals surface area contributed by atoms with E-state index < -0.39 is 0 Å². The minimum absolute atomic E-state index is 0.0684. The lowest BCUT2D eigenvalue weighted by Gasteiger charge is -2.33. The number of H-pyrrole nitrogens is 1. The smallest absolute Gasteiger partial charge is 0.159 e. The number of benzene rings is 4. The molecule has 4 heteroatoms. The van der Waals surface area contributed by atoms with Gasteiger partial charge in [-0.25, -0.2) is 0 Å². The van der Waals surface area contributed by atoms with Crippen LogP contribution in [0.5, 0.6) is 0 Å². The molecule has 32 heavy (non-hydrogen) atoms. The molecule has 0 atom stereocenters. The summed E-state index contributed by atoms with van der Waals surface area (Å²) in [6.45, 7) is 1.62. The van der Waals surface area contributed by atoms with Crippen molar-refractivity contribution in [1.82, 2.24) is 4.98 Å². The lowest BCUT2D eigenvalue weighted by Crippen LogP contribution is -2.16. The molecule has 6 rings (SSSR count). The maximum atomic E-state index is 12.2. The molecule has 1 aliphatic heterocycles. The van der Waals surface area contributed by atoms with Crippen LogP contribution in [-0.4, -0.2) is 10.8 Å². The van der Waals surface area contributed by atoms with E-state index in [-0.39, 0.29) is 5.78 Å². The van der Waals surface area contributed by atoms with Crippen LogP contribution in [0.4, 0.5) is 17.1 Å². The molecule has 0 spiro atoms. The Morgan fingerprint density at radius 2 is 1.50 bits per heavy atom. The van der Waals surface area contributed by atoms with Crippen molar-refractivity contribution in [3.8, 4) is 11.3 Å². The summed E-state index contributed by atoms with van der Waals surface area (Å²) >= 11 is 1.75. The molecule has 0 saturated heterocycles. The topological polar surface area (TPSA) is 36.1 Å². The van der Waals surface area contributed by atoms with Crippen molar-refractivity contribution in [2.75, 3.05) is 4.90 Å². The third kappa shape index (κ3) is 2.95. The fourth-order valence-corrected chi connectivity index (χ4v) is 5.43. The summed E-state index contributed by atoms with van der Waals surface area (Å²) in [5.74, 6) is 0.0684. The van der Waals surface area contributed by atoms with E-state index in [9.17, 15) is 4.79 Å². The van der Waals surface area contributed by atoms with Crippen LogP contribution >= 0.6 is 11.8 Å². The molecular weight excluding hydrogens is 412 g/mol. The average Bonchev–Trinajstić information content (AvgIpc) is 3.22. The lowest BCUT2D eigenvalue weighted by atomic mass is 10.1. The number of carbonyl (C=O) groups is 1. The summed E-state index contributed by atoms with van der Waals surface area (Å²) in [7, 11) is 0. The number of nitrogens with zero attached hydrogens (tertiary/aromatic N) is 1. The third-order valence-electron chi connectivity index (χ3n) is 5.90. The second kappa shape index (κ2) is 7.43. The van der Waals surface area contributed by atoms with Gasteiger partial charge in [0.25, 0.3) is 0 Å². The van der Waals surface area contributed by atoms with E-state index >= 15 is 0 Å². The average molecular weight is 433 g/mol.